The number of Topliss-reactive ketones (excluding diaryl/α,β-unsaturated/α-hetero) is 1. The number of nitrogens with zero attached hydrogens (tertiary/aromatic N) is 1. The normalized spacial score (nSPS) is 11.2. The van der Waals surface area contributed by atoms with E-state index in [-0.39, 0.29) is 5.75 Å². The van der Waals surface area contributed by atoms with Crippen molar-refractivity contribution in [3.05, 3.63) is 33.4 Å². The van der Waals surface area contributed by atoms with Crippen molar-refractivity contribution < 1.29 is 27.6 Å². The topological polar surface area (TPSA) is 69.4 Å². The molecule has 1 aromatic carbocycles. The zero-order chi connectivity index (χ0) is 14.8. The third kappa shape index (κ3) is 3.43. The molecule has 0 atom stereocenters. The number of hydrogen-bond acceptors (Lipinski definition) is 4. The molecular formula is C11H10F3NO4. The van der Waals surface area contributed by atoms with Gasteiger partial charge in [-0.15, -0.1) is 0 Å². The quantitative estimate of drug-likeness (QED) is 0.626. The second kappa shape index (κ2) is 5.25. The number of ether oxygens (including phenoxy) is 1. The Morgan fingerprint density at radius 3 is 2.37 bits per heavy atom. The van der Waals surface area contributed by atoms with Crippen LogP contribution in [0.5, 0.6) is 5.75 Å². The van der Waals surface area contributed by atoms with Crippen molar-refractivity contribution in [3.63, 3.8) is 0 Å². The van der Waals surface area contributed by atoms with Crippen LogP contribution in [0, 0.1) is 10.1 Å². The van der Waals surface area contributed by atoms with E-state index in [2.05, 4.69) is 4.74 Å². The average molecular weight is 277 g/mol. The maximum Gasteiger partial charge on any atom is 0.417 e. The highest BCUT2D eigenvalue weighted by Gasteiger charge is 2.38. The first-order valence-electron chi connectivity index (χ1n) is 5.08. The van der Waals surface area contributed by atoms with Crippen LogP contribution in [0.25, 0.3) is 0 Å². The molecule has 0 fully saturated rings. The van der Waals surface area contributed by atoms with E-state index in [0.717, 1.165) is 20.1 Å². The van der Waals surface area contributed by atoms with Gasteiger partial charge in [-0.25, -0.2) is 0 Å². The number of rotatable bonds is 4. The lowest BCUT2D eigenvalue weighted by Gasteiger charge is -2.13. The van der Waals surface area contributed by atoms with Crippen molar-refractivity contribution in [1.82, 2.24) is 0 Å². The number of ketones is 1. The number of carbonyl (C=O) groups is 1. The van der Waals surface area contributed by atoms with Crippen LogP contribution < -0.4 is 4.74 Å². The van der Waals surface area contributed by atoms with Gasteiger partial charge in [0.05, 0.1) is 23.7 Å². The molecule has 0 radical (unpaired) electrons. The van der Waals surface area contributed by atoms with Gasteiger partial charge in [0.2, 0.25) is 0 Å². The van der Waals surface area contributed by atoms with Crippen LogP contribution in [-0.2, 0) is 17.4 Å². The average Bonchev–Trinajstić information content (AvgIpc) is 2.26. The largest absolute Gasteiger partial charge is 0.496 e. The molecule has 0 saturated heterocycles. The fourth-order valence-electron chi connectivity index (χ4n) is 1.60. The maximum atomic E-state index is 12.9. The Hall–Kier alpha value is -2.12. The Morgan fingerprint density at radius 2 is 2.00 bits per heavy atom. The molecule has 0 heterocycles. The highest BCUT2D eigenvalue weighted by atomic mass is 19.4. The number of benzene rings is 1. The molecule has 0 aromatic heterocycles. The van der Waals surface area contributed by atoms with Crippen LogP contribution in [0.2, 0.25) is 0 Å². The summed E-state index contributed by atoms with van der Waals surface area (Å²) < 4.78 is 43.2. The summed E-state index contributed by atoms with van der Waals surface area (Å²) in [6, 6.07) is 1.51. The smallest absolute Gasteiger partial charge is 0.417 e. The minimum atomic E-state index is -4.80. The first kappa shape index (κ1) is 14.9. The Bertz CT molecular complexity index is 525. The van der Waals surface area contributed by atoms with Gasteiger partial charge in [0, 0.05) is 12.0 Å². The number of alkyl halides is 3. The molecule has 1 aromatic rings. The first-order valence-corrected chi connectivity index (χ1v) is 5.08. The van der Waals surface area contributed by atoms with Crippen molar-refractivity contribution in [2.24, 2.45) is 0 Å². The minimum absolute atomic E-state index is 0.286. The predicted molar refractivity (Wildman–Crippen MR) is 59.0 cm³/mol. The molecule has 0 aliphatic heterocycles. The number of nitro benzene ring substituents is 1. The zero-order valence-electron chi connectivity index (χ0n) is 10.1. The summed E-state index contributed by atoms with van der Waals surface area (Å²) in [6.45, 7) is 1.06. The molecule has 0 N–H and O–H groups in total. The fraction of sp³-hybridized carbons (Fsp3) is 0.364. The number of nitro groups is 1. The van der Waals surface area contributed by atoms with E-state index in [1.807, 2.05) is 0 Å². The molecule has 19 heavy (non-hydrogen) atoms. The molecule has 0 amide bonds. The summed E-state index contributed by atoms with van der Waals surface area (Å²) in [4.78, 5) is 20.9. The Kier molecular flexibility index (Phi) is 4.13. The monoisotopic (exact) mass is 277 g/mol. The van der Waals surface area contributed by atoms with Gasteiger partial charge in [-0.3, -0.25) is 14.9 Å². The van der Waals surface area contributed by atoms with Gasteiger partial charge in [0.25, 0.3) is 5.69 Å². The van der Waals surface area contributed by atoms with Crippen LogP contribution in [0.15, 0.2) is 12.1 Å². The lowest BCUT2D eigenvalue weighted by Crippen LogP contribution is -2.14. The Morgan fingerprint density at radius 1 is 1.42 bits per heavy atom. The molecule has 0 spiro atoms. The van der Waals surface area contributed by atoms with Gasteiger partial charge in [-0.05, 0) is 13.0 Å². The van der Waals surface area contributed by atoms with E-state index < -0.39 is 40.1 Å². The zero-order valence-corrected chi connectivity index (χ0v) is 10.1. The van der Waals surface area contributed by atoms with E-state index in [0.29, 0.717) is 6.07 Å². The van der Waals surface area contributed by atoms with Gasteiger partial charge in [0.1, 0.15) is 11.5 Å². The second-order valence-corrected chi connectivity index (χ2v) is 3.81. The van der Waals surface area contributed by atoms with E-state index in [4.69, 9.17) is 0 Å². The standard InChI is InChI=1S/C11H10F3NO4/c1-6(16)3-8-9(11(12,13)14)4-7(19-2)5-10(8)15(17)18/h4-5H,3H2,1-2H3. The Labute approximate surface area is 106 Å². The molecule has 0 bridgehead atoms. The molecule has 8 heteroatoms. The van der Waals surface area contributed by atoms with Crippen molar-refractivity contribution in [1.29, 1.82) is 0 Å². The van der Waals surface area contributed by atoms with E-state index in [1.54, 1.807) is 0 Å². The highest BCUT2D eigenvalue weighted by molar-refractivity contribution is 5.80. The van der Waals surface area contributed by atoms with Crippen molar-refractivity contribution >= 4 is 11.5 Å². The molecule has 0 aliphatic carbocycles. The summed E-state index contributed by atoms with van der Waals surface area (Å²) in [5, 5.41) is 10.8. The minimum Gasteiger partial charge on any atom is -0.496 e. The van der Waals surface area contributed by atoms with Crippen LogP contribution >= 0.6 is 0 Å². The van der Waals surface area contributed by atoms with Gasteiger partial charge >= 0.3 is 6.18 Å². The second-order valence-electron chi connectivity index (χ2n) is 3.81. The third-order valence-corrected chi connectivity index (χ3v) is 2.36. The summed E-state index contributed by atoms with van der Waals surface area (Å²) in [6.07, 6.45) is -5.46. The summed E-state index contributed by atoms with van der Waals surface area (Å²) >= 11 is 0. The summed E-state index contributed by atoms with van der Waals surface area (Å²) in [5.41, 5.74) is -2.65. The summed E-state index contributed by atoms with van der Waals surface area (Å²) in [7, 11) is 1.10. The molecule has 5 nitrogen and oxygen atoms in total. The number of hydrogen-bond donors (Lipinski definition) is 0. The van der Waals surface area contributed by atoms with Crippen molar-refractivity contribution in [2.45, 2.75) is 19.5 Å². The Balaban J connectivity index is 3.61. The molecule has 0 unspecified atom stereocenters. The number of carbonyl (C=O) groups excluding carboxylic acids is 1. The first-order chi connectivity index (χ1) is 8.66. The van der Waals surface area contributed by atoms with E-state index >= 15 is 0 Å². The van der Waals surface area contributed by atoms with Crippen LogP contribution in [0.1, 0.15) is 18.1 Å². The number of methoxy groups -OCH3 is 1. The van der Waals surface area contributed by atoms with Gasteiger partial charge in [-0.2, -0.15) is 13.2 Å². The molecule has 0 aliphatic rings. The van der Waals surface area contributed by atoms with E-state index in [1.165, 1.54) is 0 Å². The van der Waals surface area contributed by atoms with Crippen LogP contribution in [-0.4, -0.2) is 17.8 Å². The molecule has 104 valence electrons. The summed E-state index contributed by atoms with van der Waals surface area (Å²) in [5.74, 6) is -0.884. The van der Waals surface area contributed by atoms with Crippen molar-refractivity contribution in [3.8, 4) is 5.75 Å². The van der Waals surface area contributed by atoms with Gasteiger partial charge < -0.3 is 4.74 Å². The SMILES string of the molecule is COc1cc([N+](=O)[O-])c(CC(C)=O)c(C(F)(F)F)c1. The van der Waals surface area contributed by atoms with Crippen LogP contribution in [0.4, 0.5) is 18.9 Å². The number of halogens is 3. The van der Waals surface area contributed by atoms with E-state index in [9.17, 15) is 28.1 Å². The van der Waals surface area contributed by atoms with Crippen molar-refractivity contribution in [2.75, 3.05) is 7.11 Å². The predicted octanol–water partition coefficient (Wildman–Crippen LogP) is 2.75. The fourth-order valence-corrected chi connectivity index (χ4v) is 1.60. The van der Waals surface area contributed by atoms with Gasteiger partial charge in [-0.1, -0.05) is 0 Å². The lowest BCUT2D eigenvalue weighted by molar-refractivity contribution is -0.385. The third-order valence-electron chi connectivity index (χ3n) is 2.36. The molecular weight excluding hydrogens is 267 g/mol. The lowest BCUT2D eigenvalue weighted by atomic mass is 9.99. The van der Waals surface area contributed by atoms with Crippen LogP contribution in [0.3, 0.4) is 0 Å². The molecule has 1 rings (SSSR count). The maximum absolute atomic E-state index is 12.9. The molecule has 0 saturated carbocycles. The van der Waals surface area contributed by atoms with Gasteiger partial charge in [0.15, 0.2) is 0 Å². The highest BCUT2D eigenvalue weighted by Crippen LogP contribution is 2.39.